The van der Waals surface area contributed by atoms with Crippen molar-refractivity contribution >= 4 is 52.4 Å². The van der Waals surface area contributed by atoms with Crippen LogP contribution in [0.3, 0.4) is 0 Å². The second kappa shape index (κ2) is 9.92. The van der Waals surface area contributed by atoms with E-state index in [1.54, 1.807) is 44.3 Å². The van der Waals surface area contributed by atoms with Crippen LogP contribution in [0.4, 0.5) is 5.82 Å². The third kappa shape index (κ3) is 5.38. The number of hydrogen-bond donors (Lipinski definition) is 2. The number of anilines is 1. The Labute approximate surface area is 225 Å². The third-order valence-electron chi connectivity index (χ3n) is 7.12. The first-order chi connectivity index (χ1) is 17.1. The summed E-state index contributed by atoms with van der Waals surface area (Å²) in [4.78, 5) is 32.4. The predicted molar refractivity (Wildman–Crippen MR) is 141 cm³/mol. The number of halogens is 3. The van der Waals surface area contributed by atoms with Crippen LogP contribution in [-0.2, 0) is 4.79 Å². The number of aromatic nitrogens is 1. The molecule has 0 radical (unpaired) electrons. The topological polar surface area (TPSA) is 83.6 Å². The van der Waals surface area contributed by atoms with Crippen molar-refractivity contribution in [2.75, 3.05) is 4.90 Å². The van der Waals surface area contributed by atoms with Gasteiger partial charge in [-0.3, -0.25) is 9.59 Å². The first-order valence-corrected chi connectivity index (χ1v) is 13.4. The molecule has 5 rings (SSSR count). The fraction of sp³-hybridized carbons (Fsp3) is 0.500. The van der Waals surface area contributed by atoms with Crippen LogP contribution in [-0.4, -0.2) is 46.6 Å². The SMILES string of the molecule is CC(C)(Oc1ccc(Cl)cc1Cl)C(=O)NC1C[C@H]2CC[C@@H](C1)N2c1ncc(C(=O)NC2CC2)cc1Cl. The number of hydrogen-bond acceptors (Lipinski definition) is 5. The number of piperidine rings is 1. The summed E-state index contributed by atoms with van der Waals surface area (Å²) in [5.74, 6) is 0.783. The van der Waals surface area contributed by atoms with Crippen molar-refractivity contribution in [3.63, 3.8) is 0 Å². The summed E-state index contributed by atoms with van der Waals surface area (Å²) in [5, 5.41) is 7.49. The van der Waals surface area contributed by atoms with Crippen molar-refractivity contribution in [2.45, 2.75) is 82.1 Å². The molecule has 1 aromatic heterocycles. The maximum Gasteiger partial charge on any atom is 0.263 e. The van der Waals surface area contributed by atoms with Gasteiger partial charge in [0, 0.05) is 35.4 Å². The van der Waals surface area contributed by atoms with Crippen LogP contribution < -0.4 is 20.3 Å². The average molecular weight is 552 g/mol. The third-order valence-corrected chi connectivity index (χ3v) is 7.92. The van der Waals surface area contributed by atoms with Crippen molar-refractivity contribution in [3.8, 4) is 5.75 Å². The van der Waals surface area contributed by atoms with E-state index < -0.39 is 5.60 Å². The van der Waals surface area contributed by atoms with E-state index in [1.807, 2.05) is 0 Å². The highest BCUT2D eigenvalue weighted by molar-refractivity contribution is 6.35. The molecule has 3 fully saturated rings. The van der Waals surface area contributed by atoms with Gasteiger partial charge in [-0.05, 0) is 76.6 Å². The van der Waals surface area contributed by atoms with Crippen LogP contribution >= 0.6 is 34.8 Å². The number of pyridine rings is 1. The zero-order valence-electron chi connectivity index (χ0n) is 20.2. The molecule has 2 aliphatic heterocycles. The van der Waals surface area contributed by atoms with Crippen LogP contribution in [0.5, 0.6) is 5.75 Å². The lowest BCUT2D eigenvalue weighted by Crippen LogP contribution is -2.55. The Bertz CT molecular complexity index is 1170. The molecule has 2 aromatic rings. The Morgan fingerprint density at radius 1 is 0.972 bits per heavy atom. The van der Waals surface area contributed by atoms with Crippen LogP contribution in [0, 0.1) is 0 Å². The fourth-order valence-electron chi connectivity index (χ4n) is 5.12. The molecular formula is C26H29Cl3N4O3. The zero-order chi connectivity index (χ0) is 25.6. The number of rotatable bonds is 7. The summed E-state index contributed by atoms with van der Waals surface area (Å²) in [6.07, 6.45) is 7.21. The van der Waals surface area contributed by atoms with E-state index in [4.69, 9.17) is 39.5 Å². The Balaban J connectivity index is 1.22. The van der Waals surface area contributed by atoms with E-state index in [-0.39, 0.29) is 36.0 Å². The minimum absolute atomic E-state index is 0.0113. The first kappa shape index (κ1) is 25.4. The molecule has 1 unspecified atom stereocenters. The quantitative estimate of drug-likeness (QED) is 0.481. The molecule has 3 heterocycles. The Morgan fingerprint density at radius 2 is 1.67 bits per heavy atom. The van der Waals surface area contributed by atoms with Crippen molar-refractivity contribution in [2.24, 2.45) is 0 Å². The molecule has 36 heavy (non-hydrogen) atoms. The number of fused-ring (bicyclic) bond motifs is 2. The molecule has 2 N–H and O–H groups in total. The lowest BCUT2D eigenvalue weighted by Gasteiger charge is -2.41. The Hall–Kier alpha value is -2.22. The standard InChI is InChI=1S/C26H29Cl3N4O3/c1-26(2,36-22-8-3-15(27)10-20(22)28)25(35)32-17-11-18-6-7-19(12-17)33(18)23-21(29)9-14(13-30-23)24(34)31-16-4-5-16/h3,8-10,13,16-19H,4-7,11-12H2,1-2H3,(H,31,34)(H,32,35)/t17?,18-,19+. The number of ether oxygens (including phenoxy) is 1. The van der Waals surface area contributed by atoms with E-state index in [1.165, 1.54) is 0 Å². The van der Waals surface area contributed by atoms with Gasteiger partial charge < -0.3 is 20.3 Å². The van der Waals surface area contributed by atoms with Gasteiger partial charge in [0.05, 0.1) is 15.6 Å². The van der Waals surface area contributed by atoms with Gasteiger partial charge >= 0.3 is 0 Å². The second-order valence-corrected chi connectivity index (χ2v) is 11.6. The second-order valence-electron chi connectivity index (χ2n) is 10.4. The van der Waals surface area contributed by atoms with Crippen molar-refractivity contribution in [1.29, 1.82) is 0 Å². The van der Waals surface area contributed by atoms with E-state index in [0.717, 1.165) is 38.5 Å². The predicted octanol–water partition coefficient (Wildman–Crippen LogP) is 5.41. The Kier molecular flexibility index (Phi) is 7.01. The van der Waals surface area contributed by atoms with E-state index in [9.17, 15) is 9.59 Å². The summed E-state index contributed by atoms with van der Waals surface area (Å²) >= 11 is 18.8. The minimum atomic E-state index is -1.12. The van der Waals surface area contributed by atoms with Gasteiger partial charge in [0.1, 0.15) is 11.6 Å². The maximum atomic E-state index is 13.1. The van der Waals surface area contributed by atoms with Crippen molar-refractivity contribution in [1.82, 2.24) is 15.6 Å². The van der Waals surface area contributed by atoms with Crippen LogP contribution in [0.1, 0.15) is 62.7 Å². The molecule has 3 aliphatic rings. The number of amides is 2. The van der Waals surface area contributed by atoms with Crippen LogP contribution in [0.25, 0.3) is 0 Å². The van der Waals surface area contributed by atoms with E-state index in [0.29, 0.717) is 32.2 Å². The van der Waals surface area contributed by atoms with Crippen molar-refractivity contribution in [3.05, 3.63) is 51.1 Å². The monoisotopic (exact) mass is 550 g/mol. The average Bonchev–Trinajstić information content (AvgIpc) is 3.59. The number of benzene rings is 1. The van der Waals surface area contributed by atoms with Gasteiger partial charge in [-0.2, -0.15) is 0 Å². The van der Waals surface area contributed by atoms with Gasteiger partial charge in [-0.25, -0.2) is 4.98 Å². The molecular weight excluding hydrogens is 523 g/mol. The maximum absolute atomic E-state index is 13.1. The lowest BCUT2D eigenvalue weighted by molar-refractivity contribution is -0.135. The lowest BCUT2D eigenvalue weighted by atomic mass is 9.96. The molecule has 1 aromatic carbocycles. The zero-order valence-corrected chi connectivity index (χ0v) is 22.5. The molecule has 192 valence electrons. The number of carbonyl (C=O) groups is 2. The molecule has 1 saturated carbocycles. The summed E-state index contributed by atoms with van der Waals surface area (Å²) in [7, 11) is 0. The molecule has 2 saturated heterocycles. The number of nitrogens with one attached hydrogen (secondary N) is 2. The summed E-state index contributed by atoms with van der Waals surface area (Å²) in [5.41, 5.74) is -0.636. The van der Waals surface area contributed by atoms with Gasteiger partial charge in [-0.15, -0.1) is 0 Å². The van der Waals surface area contributed by atoms with Gasteiger partial charge in [-0.1, -0.05) is 34.8 Å². The largest absolute Gasteiger partial charge is 0.476 e. The molecule has 2 bridgehead atoms. The first-order valence-electron chi connectivity index (χ1n) is 12.3. The van der Waals surface area contributed by atoms with Gasteiger partial charge in [0.2, 0.25) is 0 Å². The summed E-state index contributed by atoms with van der Waals surface area (Å²) < 4.78 is 5.95. The molecule has 0 spiro atoms. The highest BCUT2D eigenvalue weighted by Gasteiger charge is 2.44. The number of nitrogens with zero attached hydrogens (tertiary/aromatic N) is 2. The number of carbonyl (C=O) groups excluding carboxylic acids is 2. The summed E-state index contributed by atoms with van der Waals surface area (Å²) in [6, 6.07) is 7.34. The smallest absolute Gasteiger partial charge is 0.263 e. The minimum Gasteiger partial charge on any atom is -0.476 e. The fourth-order valence-corrected chi connectivity index (χ4v) is 5.83. The van der Waals surface area contributed by atoms with Crippen LogP contribution in [0.2, 0.25) is 15.1 Å². The van der Waals surface area contributed by atoms with Gasteiger partial charge in [0.25, 0.3) is 11.8 Å². The molecule has 7 nitrogen and oxygen atoms in total. The van der Waals surface area contributed by atoms with Crippen LogP contribution in [0.15, 0.2) is 30.5 Å². The van der Waals surface area contributed by atoms with E-state index in [2.05, 4.69) is 20.5 Å². The normalized spacial score (nSPS) is 23.4. The Morgan fingerprint density at radius 3 is 2.28 bits per heavy atom. The molecule has 1 aliphatic carbocycles. The summed E-state index contributed by atoms with van der Waals surface area (Å²) in [6.45, 7) is 3.45. The van der Waals surface area contributed by atoms with Crippen molar-refractivity contribution < 1.29 is 14.3 Å². The van der Waals surface area contributed by atoms with Gasteiger partial charge in [0.15, 0.2) is 5.60 Å². The molecule has 10 heteroatoms. The molecule has 2 amide bonds. The molecule has 3 atom stereocenters. The van der Waals surface area contributed by atoms with E-state index >= 15 is 0 Å². The highest BCUT2D eigenvalue weighted by atomic mass is 35.5. The highest BCUT2D eigenvalue weighted by Crippen LogP contribution is 2.41.